The Morgan fingerprint density at radius 3 is 2.52 bits per heavy atom. The molecule has 2 N–H and O–H groups in total. The number of ether oxygens (including phenoxy) is 2. The van der Waals surface area contributed by atoms with Gasteiger partial charge in [-0.15, -0.1) is 0 Å². The van der Waals surface area contributed by atoms with Crippen molar-refractivity contribution >= 4 is 20.9 Å². The summed E-state index contributed by atoms with van der Waals surface area (Å²) in [7, 11) is -6.32. The number of methoxy groups -OCH3 is 1. The van der Waals surface area contributed by atoms with E-state index >= 15 is 0 Å². The van der Waals surface area contributed by atoms with E-state index in [4.69, 9.17) is 18.7 Å². The standard InChI is InChI=1S/C16H14N2O4S/c1-21-12-4-7-14-15(10-12)18-9-8-16(14)22-11-2-5-13(6-3-11)23(17,19)20/h2-10H,1H3,(H2,17,19,20)/i1D3. The van der Waals surface area contributed by atoms with Crippen LogP contribution >= 0.6 is 0 Å². The quantitative estimate of drug-likeness (QED) is 0.792. The number of primary sulfonamides is 1. The molecule has 3 aromatic rings. The minimum atomic E-state index is -3.77. The lowest BCUT2D eigenvalue weighted by Gasteiger charge is -2.09. The maximum absolute atomic E-state index is 11.3. The van der Waals surface area contributed by atoms with Gasteiger partial charge in [-0.1, -0.05) is 0 Å². The van der Waals surface area contributed by atoms with Crippen LogP contribution in [-0.2, 0) is 10.0 Å². The molecule has 7 heteroatoms. The molecule has 0 amide bonds. The summed E-state index contributed by atoms with van der Waals surface area (Å²) >= 11 is 0. The van der Waals surface area contributed by atoms with Crippen molar-refractivity contribution in [3.05, 3.63) is 54.7 Å². The van der Waals surface area contributed by atoms with E-state index in [0.29, 0.717) is 22.4 Å². The van der Waals surface area contributed by atoms with Crippen LogP contribution in [0.25, 0.3) is 10.9 Å². The summed E-state index contributed by atoms with van der Waals surface area (Å²) < 4.78 is 54.6. The molecule has 0 aliphatic heterocycles. The minimum absolute atomic E-state index is 0.0177. The molecule has 0 saturated carbocycles. The molecule has 118 valence electrons. The Kier molecular flexibility index (Phi) is 3.03. The number of benzene rings is 2. The summed E-state index contributed by atoms with van der Waals surface area (Å²) in [5.74, 6) is 1.05. The van der Waals surface area contributed by atoms with Crippen molar-refractivity contribution in [1.82, 2.24) is 4.98 Å². The zero-order chi connectivity index (χ0) is 18.9. The minimum Gasteiger partial charge on any atom is -0.497 e. The van der Waals surface area contributed by atoms with Crippen LogP contribution in [0.15, 0.2) is 59.6 Å². The SMILES string of the molecule is [2H]C([2H])([2H])Oc1ccc2c(Oc3ccc(S(N)(=O)=O)cc3)ccnc2c1. The van der Waals surface area contributed by atoms with Crippen molar-refractivity contribution in [2.75, 3.05) is 7.04 Å². The number of nitrogens with zero attached hydrogens (tertiary/aromatic N) is 1. The summed E-state index contributed by atoms with van der Waals surface area (Å²) in [6, 6.07) is 11.9. The van der Waals surface area contributed by atoms with E-state index in [1.807, 2.05) is 0 Å². The van der Waals surface area contributed by atoms with E-state index in [2.05, 4.69) is 4.98 Å². The maximum Gasteiger partial charge on any atom is 0.238 e. The number of pyridine rings is 1. The number of rotatable bonds is 4. The number of hydrogen-bond acceptors (Lipinski definition) is 5. The Morgan fingerprint density at radius 2 is 1.83 bits per heavy atom. The Labute approximate surface area is 137 Å². The highest BCUT2D eigenvalue weighted by Crippen LogP contribution is 2.31. The van der Waals surface area contributed by atoms with Gasteiger partial charge in [0, 0.05) is 17.6 Å². The molecule has 0 fully saturated rings. The third kappa shape index (κ3) is 3.25. The van der Waals surface area contributed by atoms with Gasteiger partial charge >= 0.3 is 0 Å². The van der Waals surface area contributed by atoms with Gasteiger partial charge in [-0.3, -0.25) is 4.98 Å². The number of fused-ring (bicyclic) bond motifs is 1. The predicted octanol–water partition coefficient (Wildman–Crippen LogP) is 2.68. The largest absolute Gasteiger partial charge is 0.497 e. The second kappa shape index (κ2) is 5.86. The number of sulfonamides is 1. The third-order valence-electron chi connectivity index (χ3n) is 3.17. The van der Waals surface area contributed by atoms with Crippen LogP contribution in [0.3, 0.4) is 0 Å². The molecular weight excluding hydrogens is 316 g/mol. The lowest BCUT2D eigenvalue weighted by atomic mass is 10.2. The molecule has 0 aliphatic carbocycles. The summed E-state index contributed by atoms with van der Waals surface area (Å²) in [6.45, 7) is 0. The van der Waals surface area contributed by atoms with E-state index < -0.39 is 17.1 Å². The van der Waals surface area contributed by atoms with Crippen molar-refractivity contribution in [1.29, 1.82) is 0 Å². The zero-order valence-corrected chi connectivity index (χ0v) is 12.6. The second-order valence-electron chi connectivity index (χ2n) is 4.71. The molecular formula is C16H14N2O4S. The Hall–Kier alpha value is -2.64. The second-order valence-corrected chi connectivity index (χ2v) is 6.27. The number of aromatic nitrogens is 1. The summed E-state index contributed by atoms with van der Waals surface area (Å²) in [5, 5.41) is 5.70. The van der Waals surface area contributed by atoms with E-state index in [0.717, 1.165) is 0 Å². The van der Waals surface area contributed by atoms with Crippen LogP contribution in [0.1, 0.15) is 4.11 Å². The Balaban J connectivity index is 1.91. The van der Waals surface area contributed by atoms with Gasteiger partial charge in [0.25, 0.3) is 0 Å². The fourth-order valence-electron chi connectivity index (χ4n) is 2.08. The number of nitrogens with two attached hydrogens (primary N) is 1. The smallest absolute Gasteiger partial charge is 0.238 e. The highest BCUT2D eigenvalue weighted by Gasteiger charge is 2.09. The van der Waals surface area contributed by atoms with E-state index in [-0.39, 0.29) is 10.6 Å². The first-order chi connectivity index (χ1) is 12.1. The van der Waals surface area contributed by atoms with Crippen molar-refractivity contribution in [2.24, 2.45) is 5.14 Å². The molecule has 0 spiro atoms. The van der Waals surface area contributed by atoms with Crippen molar-refractivity contribution in [3.8, 4) is 17.2 Å². The molecule has 2 aromatic carbocycles. The van der Waals surface area contributed by atoms with Crippen LogP contribution in [0, 0.1) is 0 Å². The Morgan fingerprint density at radius 1 is 1.09 bits per heavy atom. The monoisotopic (exact) mass is 333 g/mol. The fraction of sp³-hybridized carbons (Fsp3) is 0.0625. The summed E-state index contributed by atoms with van der Waals surface area (Å²) in [6.07, 6.45) is 1.51. The van der Waals surface area contributed by atoms with Crippen molar-refractivity contribution in [2.45, 2.75) is 4.90 Å². The molecule has 0 aliphatic rings. The third-order valence-corrected chi connectivity index (χ3v) is 4.10. The predicted molar refractivity (Wildman–Crippen MR) is 86.2 cm³/mol. The molecule has 0 atom stereocenters. The first-order valence-corrected chi connectivity index (χ1v) is 8.05. The fourth-order valence-corrected chi connectivity index (χ4v) is 2.59. The van der Waals surface area contributed by atoms with Gasteiger partial charge in [0.15, 0.2) is 0 Å². The molecule has 0 saturated heterocycles. The van der Waals surface area contributed by atoms with Crippen LogP contribution in [0.2, 0.25) is 0 Å². The van der Waals surface area contributed by atoms with E-state index in [9.17, 15) is 8.42 Å². The lowest BCUT2D eigenvalue weighted by molar-refractivity contribution is 0.415. The molecule has 0 bridgehead atoms. The van der Waals surface area contributed by atoms with E-state index in [1.165, 1.54) is 42.6 Å². The first-order valence-electron chi connectivity index (χ1n) is 8.00. The molecule has 1 aromatic heterocycles. The normalized spacial score (nSPS) is 13.9. The highest BCUT2D eigenvalue weighted by atomic mass is 32.2. The van der Waals surface area contributed by atoms with Crippen LogP contribution in [0.4, 0.5) is 0 Å². The van der Waals surface area contributed by atoms with Gasteiger partial charge in [-0.2, -0.15) is 0 Å². The maximum atomic E-state index is 11.3. The van der Waals surface area contributed by atoms with Crippen LogP contribution in [-0.4, -0.2) is 20.4 Å². The van der Waals surface area contributed by atoms with Crippen molar-refractivity contribution in [3.63, 3.8) is 0 Å². The van der Waals surface area contributed by atoms with Gasteiger partial charge in [0.05, 0.1) is 21.6 Å². The first kappa shape index (κ1) is 11.9. The van der Waals surface area contributed by atoms with Crippen LogP contribution < -0.4 is 14.6 Å². The summed E-state index contributed by atoms with van der Waals surface area (Å²) in [4.78, 5) is 4.16. The lowest BCUT2D eigenvalue weighted by Crippen LogP contribution is -2.11. The molecule has 23 heavy (non-hydrogen) atoms. The van der Waals surface area contributed by atoms with Crippen LogP contribution in [0.5, 0.6) is 17.2 Å². The van der Waals surface area contributed by atoms with Crippen molar-refractivity contribution < 1.29 is 22.0 Å². The average molecular weight is 333 g/mol. The van der Waals surface area contributed by atoms with E-state index in [1.54, 1.807) is 12.1 Å². The Bertz CT molecular complexity index is 1050. The topological polar surface area (TPSA) is 91.5 Å². The van der Waals surface area contributed by atoms with Gasteiger partial charge in [-0.05, 0) is 42.5 Å². The summed E-state index contributed by atoms with van der Waals surface area (Å²) in [5.41, 5.74) is 0.491. The van der Waals surface area contributed by atoms with Gasteiger partial charge < -0.3 is 9.47 Å². The zero-order valence-electron chi connectivity index (χ0n) is 14.8. The molecule has 1 heterocycles. The van der Waals surface area contributed by atoms with Gasteiger partial charge in [0.2, 0.25) is 10.0 Å². The molecule has 3 rings (SSSR count). The average Bonchev–Trinajstić information content (AvgIpc) is 2.53. The number of hydrogen-bond donors (Lipinski definition) is 1. The molecule has 0 unspecified atom stereocenters. The highest BCUT2D eigenvalue weighted by molar-refractivity contribution is 7.89. The van der Waals surface area contributed by atoms with Gasteiger partial charge in [-0.25, -0.2) is 13.6 Å². The molecule has 6 nitrogen and oxygen atoms in total. The van der Waals surface area contributed by atoms with Gasteiger partial charge in [0.1, 0.15) is 17.2 Å². The molecule has 0 radical (unpaired) electrons.